The molecule has 0 atom stereocenters. The quantitative estimate of drug-likeness (QED) is 0.932. The van der Waals surface area contributed by atoms with Crippen LogP contribution in [0.4, 0.5) is 18.9 Å². The average Bonchev–Trinajstić information content (AvgIpc) is 2.44. The van der Waals surface area contributed by atoms with Crippen LogP contribution in [-0.4, -0.2) is 4.98 Å². The van der Waals surface area contributed by atoms with Crippen LogP contribution in [0.15, 0.2) is 42.6 Å². The van der Waals surface area contributed by atoms with Crippen molar-refractivity contribution in [3.8, 4) is 6.07 Å². The van der Waals surface area contributed by atoms with Crippen LogP contribution in [0.25, 0.3) is 0 Å². The number of aromatic nitrogens is 1. The zero-order valence-electron chi connectivity index (χ0n) is 10.3. The summed E-state index contributed by atoms with van der Waals surface area (Å²) in [5.41, 5.74) is -0.00777. The molecular weight excluding hydrogens is 267 g/mol. The Morgan fingerprint density at radius 1 is 1.15 bits per heavy atom. The van der Waals surface area contributed by atoms with E-state index in [9.17, 15) is 13.2 Å². The van der Waals surface area contributed by atoms with E-state index in [-0.39, 0.29) is 17.9 Å². The molecule has 1 heterocycles. The Kier molecular flexibility index (Phi) is 3.89. The first-order valence-corrected chi connectivity index (χ1v) is 5.76. The van der Waals surface area contributed by atoms with E-state index in [2.05, 4.69) is 10.3 Å². The highest BCUT2D eigenvalue weighted by atomic mass is 19.4. The zero-order valence-corrected chi connectivity index (χ0v) is 10.3. The van der Waals surface area contributed by atoms with Crippen molar-refractivity contribution in [2.75, 3.05) is 5.32 Å². The van der Waals surface area contributed by atoms with E-state index in [1.165, 1.54) is 24.4 Å². The number of anilines is 1. The Bertz CT molecular complexity index is 645. The number of pyridine rings is 1. The highest BCUT2D eigenvalue weighted by molar-refractivity contribution is 5.53. The van der Waals surface area contributed by atoms with Gasteiger partial charge in [0.2, 0.25) is 0 Å². The lowest BCUT2D eigenvalue weighted by Gasteiger charge is -2.14. The molecule has 20 heavy (non-hydrogen) atoms. The van der Waals surface area contributed by atoms with Gasteiger partial charge < -0.3 is 5.32 Å². The van der Waals surface area contributed by atoms with Gasteiger partial charge in [-0.15, -0.1) is 0 Å². The Morgan fingerprint density at radius 2 is 1.90 bits per heavy atom. The van der Waals surface area contributed by atoms with Crippen LogP contribution in [0.3, 0.4) is 0 Å². The van der Waals surface area contributed by atoms with Crippen molar-refractivity contribution < 1.29 is 13.2 Å². The Morgan fingerprint density at radius 3 is 2.60 bits per heavy atom. The van der Waals surface area contributed by atoms with Gasteiger partial charge in [0.1, 0.15) is 11.8 Å². The van der Waals surface area contributed by atoms with Crippen LogP contribution < -0.4 is 5.32 Å². The summed E-state index contributed by atoms with van der Waals surface area (Å²) >= 11 is 0. The highest BCUT2D eigenvalue weighted by Gasteiger charge is 2.33. The smallest absolute Gasteiger partial charge is 0.380 e. The molecule has 0 fully saturated rings. The Balaban J connectivity index is 2.22. The largest absolute Gasteiger partial charge is 0.418 e. The third kappa shape index (κ3) is 3.06. The fraction of sp³-hybridized carbons (Fsp3) is 0.143. The van der Waals surface area contributed by atoms with E-state index in [0.717, 1.165) is 6.07 Å². The number of rotatable bonds is 3. The highest BCUT2D eigenvalue weighted by Crippen LogP contribution is 2.34. The fourth-order valence-electron chi connectivity index (χ4n) is 1.76. The van der Waals surface area contributed by atoms with E-state index in [4.69, 9.17) is 5.26 Å². The molecule has 6 heteroatoms. The summed E-state index contributed by atoms with van der Waals surface area (Å²) in [6.45, 7) is 0.101. The molecule has 2 aromatic rings. The summed E-state index contributed by atoms with van der Waals surface area (Å²) in [5, 5.41) is 11.6. The second kappa shape index (κ2) is 5.61. The number of para-hydroxylation sites is 1. The van der Waals surface area contributed by atoms with Gasteiger partial charge in [-0.1, -0.05) is 18.2 Å². The SMILES string of the molecule is N#Cc1ncccc1CNc1ccccc1C(F)(F)F. The number of nitrogens with one attached hydrogen (secondary N) is 1. The van der Waals surface area contributed by atoms with Crippen LogP contribution >= 0.6 is 0 Å². The minimum absolute atomic E-state index is 0.0206. The van der Waals surface area contributed by atoms with Crippen LogP contribution in [-0.2, 0) is 12.7 Å². The van der Waals surface area contributed by atoms with Crippen molar-refractivity contribution in [3.05, 3.63) is 59.4 Å². The molecule has 0 aliphatic rings. The first kappa shape index (κ1) is 13.9. The molecule has 1 N–H and O–H groups in total. The normalized spacial score (nSPS) is 10.9. The van der Waals surface area contributed by atoms with Crippen LogP contribution in [0.2, 0.25) is 0 Å². The van der Waals surface area contributed by atoms with E-state index in [1.807, 2.05) is 6.07 Å². The average molecular weight is 277 g/mol. The summed E-state index contributed by atoms with van der Waals surface area (Å²) < 4.78 is 38.4. The molecule has 0 bridgehead atoms. The molecule has 1 aromatic heterocycles. The number of alkyl halides is 3. The van der Waals surface area contributed by atoms with E-state index in [0.29, 0.717) is 5.56 Å². The Labute approximate surface area is 113 Å². The Hall–Kier alpha value is -2.55. The lowest BCUT2D eigenvalue weighted by Crippen LogP contribution is -2.11. The summed E-state index contributed by atoms with van der Waals surface area (Å²) in [5.74, 6) is 0. The lowest BCUT2D eigenvalue weighted by atomic mass is 10.1. The minimum atomic E-state index is -4.42. The van der Waals surface area contributed by atoms with Gasteiger partial charge in [0.15, 0.2) is 0 Å². The van der Waals surface area contributed by atoms with Crippen molar-refractivity contribution in [2.45, 2.75) is 12.7 Å². The molecule has 1 aromatic carbocycles. The maximum atomic E-state index is 12.8. The molecule has 0 aliphatic carbocycles. The number of hydrogen-bond donors (Lipinski definition) is 1. The summed E-state index contributed by atoms with van der Waals surface area (Å²) in [6.07, 6.45) is -2.96. The maximum absolute atomic E-state index is 12.8. The van der Waals surface area contributed by atoms with Gasteiger partial charge in [0.05, 0.1) is 5.56 Å². The summed E-state index contributed by atoms with van der Waals surface area (Å²) in [7, 11) is 0. The van der Waals surface area contributed by atoms with Crippen molar-refractivity contribution in [1.82, 2.24) is 4.98 Å². The first-order chi connectivity index (χ1) is 9.52. The molecule has 0 saturated heterocycles. The minimum Gasteiger partial charge on any atom is -0.380 e. The van der Waals surface area contributed by atoms with Crippen molar-refractivity contribution >= 4 is 5.69 Å². The maximum Gasteiger partial charge on any atom is 0.418 e. The third-order valence-corrected chi connectivity index (χ3v) is 2.70. The number of hydrogen-bond acceptors (Lipinski definition) is 3. The number of benzene rings is 1. The molecule has 0 saturated carbocycles. The monoisotopic (exact) mass is 277 g/mol. The van der Waals surface area contributed by atoms with Crippen LogP contribution in [0, 0.1) is 11.3 Å². The van der Waals surface area contributed by atoms with Gasteiger partial charge in [-0.05, 0) is 18.2 Å². The van der Waals surface area contributed by atoms with E-state index >= 15 is 0 Å². The molecule has 0 aliphatic heterocycles. The third-order valence-electron chi connectivity index (χ3n) is 2.70. The second-order valence-electron chi connectivity index (χ2n) is 4.02. The van der Waals surface area contributed by atoms with Gasteiger partial charge in [0, 0.05) is 24.0 Å². The van der Waals surface area contributed by atoms with Gasteiger partial charge in [0.25, 0.3) is 0 Å². The molecule has 0 amide bonds. The van der Waals surface area contributed by atoms with Gasteiger partial charge in [-0.25, -0.2) is 4.98 Å². The van der Waals surface area contributed by atoms with Gasteiger partial charge >= 0.3 is 6.18 Å². The van der Waals surface area contributed by atoms with Crippen LogP contribution in [0.5, 0.6) is 0 Å². The lowest BCUT2D eigenvalue weighted by molar-refractivity contribution is -0.136. The van der Waals surface area contributed by atoms with Gasteiger partial charge in [-0.3, -0.25) is 0 Å². The summed E-state index contributed by atoms with van der Waals surface area (Å²) in [6, 6.07) is 10.4. The number of halogens is 3. The molecule has 0 unspecified atom stereocenters. The molecular formula is C14H10F3N3. The summed E-state index contributed by atoms with van der Waals surface area (Å²) in [4.78, 5) is 3.86. The van der Waals surface area contributed by atoms with E-state index in [1.54, 1.807) is 12.1 Å². The molecule has 0 spiro atoms. The predicted octanol–water partition coefficient (Wildman–Crippen LogP) is 3.58. The predicted molar refractivity (Wildman–Crippen MR) is 67.7 cm³/mol. The molecule has 0 radical (unpaired) electrons. The topological polar surface area (TPSA) is 48.7 Å². The number of nitrogens with zero attached hydrogens (tertiary/aromatic N) is 2. The van der Waals surface area contributed by atoms with Crippen molar-refractivity contribution in [2.24, 2.45) is 0 Å². The van der Waals surface area contributed by atoms with Crippen molar-refractivity contribution in [3.63, 3.8) is 0 Å². The number of nitriles is 1. The van der Waals surface area contributed by atoms with Gasteiger partial charge in [-0.2, -0.15) is 18.4 Å². The molecule has 102 valence electrons. The second-order valence-corrected chi connectivity index (χ2v) is 4.02. The first-order valence-electron chi connectivity index (χ1n) is 5.76. The van der Waals surface area contributed by atoms with E-state index < -0.39 is 11.7 Å². The van der Waals surface area contributed by atoms with Crippen LogP contribution in [0.1, 0.15) is 16.8 Å². The van der Waals surface area contributed by atoms with Crippen molar-refractivity contribution in [1.29, 1.82) is 5.26 Å². The fourth-order valence-corrected chi connectivity index (χ4v) is 1.76. The molecule has 3 nitrogen and oxygen atoms in total. The molecule has 2 rings (SSSR count). The zero-order chi connectivity index (χ0) is 14.6. The standard InChI is InChI=1S/C14H10F3N3/c15-14(16,17)11-5-1-2-6-12(11)20-9-10-4-3-7-19-13(10)8-18/h1-7,20H,9H2.